The molecule has 5 atom stereocenters. The molecule has 2 aromatic rings. The minimum atomic E-state index is -2.02. The largest absolute Gasteiger partial charge is 0.507 e. The predicted molar refractivity (Wildman–Crippen MR) is 129 cm³/mol. The Labute approximate surface area is 221 Å². The summed E-state index contributed by atoms with van der Waals surface area (Å²) in [4.78, 5) is 39.9. The Bertz CT molecular complexity index is 1400. The van der Waals surface area contributed by atoms with Gasteiger partial charge in [0.15, 0.2) is 23.1 Å². The number of aromatic hydroxyl groups is 4. The Kier molecular flexibility index (Phi) is 6.86. The highest BCUT2D eigenvalue weighted by Crippen LogP contribution is 2.52. The van der Waals surface area contributed by atoms with E-state index in [-0.39, 0.29) is 5.56 Å². The van der Waals surface area contributed by atoms with E-state index >= 15 is 0 Å². The van der Waals surface area contributed by atoms with Crippen molar-refractivity contribution in [3.8, 4) is 23.0 Å². The van der Waals surface area contributed by atoms with E-state index < -0.39 is 117 Å². The molecule has 4 rings (SSSR count). The molecule has 0 bridgehead atoms. The molecular weight excluding hydrogens is 520 g/mol. The Hall–Kier alpha value is -3.75. The first-order chi connectivity index (χ1) is 18.0. The molecular formula is C26H28O13. The number of ether oxygens (including phenoxy) is 2. The van der Waals surface area contributed by atoms with E-state index in [1.807, 2.05) is 0 Å². The zero-order valence-corrected chi connectivity index (χ0v) is 21.3. The van der Waals surface area contributed by atoms with Gasteiger partial charge in [-0.3, -0.25) is 9.59 Å². The zero-order chi connectivity index (χ0) is 29.3. The van der Waals surface area contributed by atoms with Crippen LogP contribution in [0, 0.1) is 6.92 Å². The maximum absolute atomic E-state index is 13.7. The van der Waals surface area contributed by atoms with E-state index in [0.717, 1.165) is 6.07 Å². The van der Waals surface area contributed by atoms with Crippen LogP contribution in [-0.2, 0) is 9.47 Å². The average molecular weight is 548 g/mol. The van der Waals surface area contributed by atoms with E-state index in [2.05, 4.69) is 0 Å². The maximum Gasteiger partial charge on any atom is 0.342 e. The molecule has 0 saturated carbocycles. The molecule has 2 aromatic carbocycles. The topological polar surface area (TPSA) is 232 Å². The van der Waals surface area contributed by atoms with Gasteiger partial charge in [-0.05, 0) is 39.3 Å². The third kappa shape index (κ3) is 4.28. The first kappa shape index (κ1) is 28.3. The van der Waals surface area contributed by atoms with Crippen molar-refractivity contribution in [3.05, 3.63) is 45.0 Å². The predicted octanol–water partition coefficient (Wildman–Crippen LogP) is 0.0630. The number of aliphatic hydroxyl groups excluding tert-OH is 4. The molecule has 1 unspecified atom stereocenters. The number of ketones is 2. The van der Waals surface area contributed by atoms with Crippen LogP contribution in [0.25, 0.3) is 0 Å². The van der Waals surface area contributed by atoms with Gasteiger partial charge >= 0.3 is 5.97 Å². The van der Waals surface area contributed by atoms with Gasteiger partial charge in [-0.25, -0.2) is 4.79 Å². The number of rotatable bonds is 3. The van der Waals surface area contributed by atoms with Crippen molar-refractivity contribution in [2.24, 2.45) is 0 Å². The second kappa shape index (κ2) is 9.47. The van der Waals surface area contributed by atoms with Crippen LogP contribution in [-0.4, -0.2) is 95.0 Å². The number of fused-ring (bicyclic) bond motifs is 2. The van der Waals surface area contributed by atoms with Crippen molar-refractivity contribution in [3.63, 3.8) is 0 Å². The monoisotopic (exact) mass is 548 g/mol. The molecule has 0 spiro atoms. The van der Waals surface area contributed by atoms with Gasteiger partial charge in [0.05, 0.1) is 23.3 Å². The summed E-state index contributed by atoms with van der Waals surface area (Å²) in [5.74, 6) is -7.29. The van der Waals surface area contributed by atoms with Crippen molar-refractivity contribution < 1.29 is 64.7 Å². The summed E-state index contributed by atoms with van der Waals surface area (Å²) in [5, 5.41) is 83.4. The molecule has 1 aliphatic carbocycles. The molecule has 13 heteroatoms. The number of phenolic OH excluding ortho intramolecular Hbond substituents is 4. The smallest absolute Gasteiger partial charge is 0.342 e. The van der Waals surface area contributed by atoms with E-state index in [4.69, 9.17) is 9.47 Å². The number of hydrogen-bond donors (Lipinski definition) is 8. The molecule has 1 heterocycles. The zero-order valence-electron chi connectivity index (χ0n) is 21.3. The lowest BCUT2D eigenvalue weighted by atomic mass is 9.77. The number of esters is 1. The minimum absolute atomic E-state index is 0.162. The van der Waals surface area contributed by atoms with Crippen molar-refractivity contribution in [2.75, 3.05) is 6.61 Å². The van der Waals surface area contributed by atoms with Crippen LogP contribution in [0.1, 0.15) is 80.2 Å². The van der Waals surface area contributed by atoms with E-state index in [9.17, 15) is 55.2 Å². The Morgan fingerprint density at radius 2 is 1.49 bits per heavy atom. The fourth-order valence-electron chi connectivity index (χ4n) is 4.90. The quantitative estimate of drug-likeness (QED) is 0.123. The van der Waals surface area contributed by atoms with Gasteiger partial charge in [-0.1, -0.05) is 0 Å². The van der Waals surface area contributed by atoms with Gasteiger partial charge in [0.2, 0.25) is 0 Å². The third-order valence-electron chi connectivity index (χ3n) is 6.72. The van der Waals surface area contributed by atoms with Crippen molar-refractivity contribution in [1.29, 1.82) is 0 Å². The molecule has 1 aliphatic heterocycles. The number of phenols is 4. The summed E-state index contributed by atoms with van der Waals surface area (Å²) in [7, 11) is 0. The van der Waals surface area contributed by atoms with Gasteiger partial charge in [0, 0.05) is 11.1 Å². The summed E-state index contributed by atoms with van der Waals surface area (Å²) in [5.41, 5.74) is -4.79. The van der Waals surface area contributed by atoms with Crippen LogP contribution >= 0.6 is 0 Å². The van der Waals surface area contributed by atoms with Gasteiger partial charge < -0.3 is 50.3 Å². The lowest BCUT2D eigenvalue weighted by molar-refractivity contribution is -0.232. The highest BCUT2D eigenvalue weighted by molar-refractivity contribution is 6.31. The van der Waals surface area contributed by atoms with Crippen molar-refractivity contribution >= 4 is 17.5 Å². The summed E-state index contributed by atoms with van der Waals surface area (Å²) < 4.78 is 10.7. The number of hydrogen-bond acceptors (Lipinski definition) is 13. The second-order valence-corrected chi connectivity index (χ2v) is 10.4. The SMILES string of the molecule is Cc1c(C(=O)OC(C)(C)C)c(O)cc2c1C(=O)c1c(O)c(C3O[C@H](CO)[C@@H](O)[C@H](O)[C@H]3O)c(O)c(O)c1C2=O. The Morgan fingerprint density at radius 1 is 0.897 bits per heavy atom. The van der Waals surface area contributed by atoms with Crippen LogP contribution in [0.3, 0.4) is 0 Å². The van der Waals surface area contributed by atoms with Crippen molar-refractivity contribution in [1.82, 2.24) is 0 Å². The number of aliphatic hydroxyl groups is 4. The lowest BCUT2D eigenvalue weighted by Crippen LogP contribution is -2.55. The summed E-state index contributed by atoms with van der Waals surface area (Å²) in [6.45, 7) is 5.15. The summed E-state index contributed by atoms with van der Waals surface area (Å²) in [6.07, 6.45) is -9.08. The lowest BCUT2D eigenvalue weighted by Gasteiger charge is -2.40. The number of carbonyl (C=O) groups excluding carboxylic acids is 3. The van der Waals surface area contributed by atoms with E-state index in [1.54, 1.807) is 20.8 Å². The van der Waals surface area contributed by atoms with Gasteiger partial charge in [0.25, 0.3) is 0 Å². The van der Waals surface area contributed by atoms with E-state index in [1.165, 1.54) is 6.92 Å². The Balaban J connectivity index is 1.94. The normalized spacial score (nSPS) is 24.8. The van der Waals surface area contributed by atoms with Gasteiger partial charge in [0.1, 0.15) is 53.2 Å². The van der Waals surface area contributed by atoms with E-state index in [0.29, 0.717) is 0 Å². The van der Waals surface area contributed by atoms with Crippen LogP contribution in [0.15, 0.2) is 6.07 Å². The molecule has 2 aliphatic rings. The summed E-state index contributed by atoms with van der Waals surface area (Å²) >= 11 is 0. The first-order valence-electron chi connectivity index (χ1n) is 11.8. The number of carbonyl (C=O) groups is 3. The third-order valence-corrected chi connectivity index (χ3v) is 6.72. The van der Waals surface area contributed by atoms with Gasteiger partial charge in [-0.15, -0.1) is 0 Å². The molecule has 13 nitrogen and oxygen atoms in total. The minimum Gasteiger partial charge on any atom is -0.507 e. The van der Waals surface area contributed by atoms with Crippen LogP contribution in [0.4, 0.5) is 0 Å². The first-order valence-corrected chi connectivity index (χ1v) is 11.8. The van der Waals surface area contributed by atoms with Crippen LogP contribution in [0.5, 0.6) is 23.0 Å². The molecule has 1 saturated heterocycles. The number of benzene rings is 2. The highest BCUT2D eigenvalue weighted by atomic mass is 16.6. The Morgan fingerprint density at radius 3 is 2.05 bits per heavy atom. The van der Waals surface area contributed by atoms with Gasteiger partial charge in [-0.2, -0.15) is 0 Å². The van der Waals surface area contributed by atoms with Crippen LogP contribution in [0.2, 0.25) is 0 Å². The molecule has 210 valence electrons. The standard InChI is InChI=1S/C26H28O13/c1-7-11-8(5-9(28)12(7)25(37)39-26(2,3)4)16(29)13-14(18(11)31)19(32)15(21(34)20(13)33)24-23(36)22(35)17(30)10(6-27)38-24/h5,10,17,22-24,27-28,30,32-36H,6H2,1-4H3/t10-,17-,22+,23-,24?/m1/s1. The average Bonchev–Trinajstić information content (AvgIpc) is 2.83. The molecule has 39 heavy (non-hydrogen) atoms. The fourth-order valence-corrected chi connectivity index (χ4v) is 4.90. The highest BCUT2D eigenvalue weighted by Gasteiger charge is 2.48. The molecule has 0 aromatic heterocycles. The van der Waals surface area contributed by atoms with Crippen LogP contribution < -0.4 is 0 Å². The van der Waals surface area contributed by atoms with Crippen molar-refractivity contribution in [2.45, 2.75) is 63.8 Å². The maximum atomic E-state index is 13.7. The fraction of sp³-hybridized carbons (Fsp3) is 0.423. The second-order valence-electron chi connectivity index (χ2n) is 10.4. The summed E-state index contributed by atoms with van der Waals surface area (Å²) in [6, 6.07) is 0.837. The molecule has 1 fully saturated rings. The molecule has 0 amide bonds. The molecule has 8 N–H and O–H groups in total. The molecule has 0 radical (unpaired) electrons.